The van der Waals surface area contributed by atoms with E-state index in [0.29, 0.717) is 18.7 Å². The first-order valence-electron chi connectivity index (χ1n) is 8.00. The number of carbonyl (C=O) groups excluding carboxylic acids is 1. The van der Waals surface area contributed by atoms with E-state index < -0.39 is 0 Å². The van der Waals surface area contributed by atoms with Gasteiger partial charge in [-0.15, -0.1) is 0 Å². The SMILES string of the molecule is CCn1nccc1CN(C)C(=O)c1n[nH]c2c1C[C@H](C)O[C@@H]2C. The molecule has 1 aliphatic heterocycles. The summed E-state index contributed by atoms with van der Waals surface area (Å²) in [7, 11) is 1.79. The number of amides is 1. The van der Waals surface area contributed by atoms with Gasteiger partial charge >= 0.3 is 0 Å². The van der Waals surface area contributed by atoms with Crippen LogP contribution in [0.25, 0.3) is 0 Å². The Morgan fingerprint density at radius 3 is 3.04 bits per heavy atom. The number of hydrogen-bond acceptors (Lipinski definition) is 4. The Balaban J connectivity index is 1.81. The first-order chi connectivity index (χ1) is 11.0. The van der Waals surface area contributed by atoms with Crippen LogP contribution >= 0.6 is 0 Å². The topological polar surface area (TPSA) is 76.0 Å². The summed E-state index contributed by atoms with van der Waals surface area (Å²) in [5, 5.41) is 11.5. The maximum Gasteiger partial charge on any atom is 0.274 e. The van der Waals surface area contributed by atoms with Gasteiger partial charge in [0.25, 0.3) is 5.91 Å². The number of aromatic amines is 1. The molecule has 23 heavy (non-hydrogen) atoms. The minimum Gasteiger partial charge on any atom is -0.369 e. The molecule has 7 nitrogen and oxygen atoms in total. The van der Waals surface area contributed by atoms with E-state index in [1.54, 1.807) is 18.1 Å². The third kappa shape index (κ3) is 2.88. The molecular formula is C16H23N5O2. The van der Waals surface area contributed by atoms with Crippen LogP contribution in [-0.2, 0) is 24.2 Å². The Hall–Kier alpha value is -2.15. The van der Waals surface area contributed by atoms with Crippen LogP contribution in [0.5, 0.6) is 0 Å². The highest BCUT2D eigenvalue weighted by atomic mass is 16.5. The quantitative estimate of drug-likeness (QED) is 0.935. The molecule has 1 amide bonds. The fourth-order valence-corrected chi connectivity index (χ4v) is 3.13. The van der Waals surface area contributed by atoms with E-state index in [1.165, 1.54) is 0 Å². The molecule has 7 heteroatoms. The summed E-state index contributed by atoms with van der Waals surface area (Å²) in [5.74, 6) is -0.0762. The predicted octanol–water partition coefficient (Wildman–Crippen LogP) is 1.92. The van der Waals surface area contributed by atoms with Gasteiger partial charge in [-0.05, 0) is 26.8 Å². The lowest BCUT2D eigenvalue weighted by atomic mass is 9.99. The maximum absolute atomic E-state index is 12.8. The largest absolute Gasteiger partial charge is 0.369 e. The Bertz CT molecular complexity index is 705. The van der Waals surface area contributed by atoms with Gasteiger partial charge in [0.2, 0.25) is 0 Å². The second-order valence-electron chi connectivity index (χ2n) is 6.06. The number of nitrogens with zero attached hydrogens (tertiary/aromatic N) is 4. The van der Waals surface area contributed by atoms with Crippen LogP contribution in [0, 0.1) is 0 Å². The molecule has 3 heterocycles. The lowest BCUT2D eigenvalue weighted by molar-refractivity contribution is -0.00701. The fourth-order valence-electron chi connectivity index (χ4n) is 3.13. The van der Waals surface area contributed by atoms with Gasteiger partial charge in [-0.3, -0.25) is 14.6 Å². The van der Waals surface area contributed by atoms with Crippen molar-refractivity contribution in [3.8, 4) is 0 Å². The zero-order chi connectivity index (χ0) is 16.6. The number of carbonyl (C=O) groups is 1. The highest BCUT2D eigenvalue weighted by molar-refractivity contribution is 5.93. The highest BCUT2D eigenvalue weighted by Crippen LogP contribution is 2.30. The van der Waals surface area contributed by atoms with Gasteiger partial charge in [0.05, 0.1) is 30.1 Å². The standard InChI is InChI=1S/C16H23N5O2/c1-5-21-12(6-7-17-21)9-20(4)16(22)15-13-8-10(2)23-11(3)14(13)18-19-15/h6-7,10-11H,5,8-9H2,1-4H3,(H,18,19)/t10-,11+/m0/s1. The van der Waals surface area contributed by atoms with Crippen LogP contribution in [0.2, 0.25) is 0 Å². The van der Waals surface area contributed by atoms with Crippen molar-refractivity contribution in [3.05, 3.63) is 34.9 Å². The summed E-state index contributed by atoms with van der Waals surface area (Å²) in [5.41, 5.74) is 3.42. The first-order valence-corrected chi connectivity index (χ1v) is 8.00. The average Bonchev–Trinajstić information content (AvgIpc) is 3.12. The molecule has 2 aromatic rings. The van der Waals surface area contributed by atoms with Crippen LogP contribution in [-0.4, -0.2) is 43.9 Å². The van der Waals surface area contributed by atoms with E-state index in [-0.39, 0.29) is 18.1 Å². The van der Waals surface area contributed by atoms with E-state index in [0.717, 1.165) is 23.5 Å². The zero-order valence-electron chi connectivity index (χ0n) is 14.0. The van der Waals surface area contributed by atoms with Crippen LogP contribution in [0.15, 0.2) is 12.3 Å². The van der Waals surface area contributed by atoms with Gasteiger partial charge in [-0.1, -0.05) is 0 Å². The fraction of sp³-hybridized carbons (Fsp3) is 0.562. The smallest absolute Gasteiger partial charge is 0.274 e. The molecular weight excluding hydrogens is 294 g/mol. The lowest BCUT2D eigenvalue weighted by Crippen LogP contribution is -2.30. The summed E-state index contributed by atoms with van der Waals surface area (Å²) in [4.78, 5) is 14.5. The van der Waals surface area contributed by atoms with Crippen molar-refractivity contribution in [1.82, 2.24) is 24.9 Å². The summed E-state index contributed by atoms with van der Waals surface area (Å²) < 4.78 is 7.66. The van der Waals surface area contributed by atoms with Crippen molar-refractivity contribution in [2.45, 2.75) is 52.5 Å². The molecule has 3 rings (SSSR count). The molecule has 0 spiro atoms. The van der Waals surface area contributed by atoms with Gasteiger partial charge in [0.15, 0.2) is 5.69 Å². The summed E-state index contributed by atoms with van der Waals surface area (Å²) in [6.07, 6.45) is 2.50. The second-order valence-corrected chi connectivity index (χ2v) is 6.06. The van der Waals surface area contributed by atoms with E-state index in [1.807, 2.05) is 31.5 Å². The van der Waals surface area contributed by atoms with Crippen molar-refractivity contribution in [1.29, 1.82) is 0 Å². The number of fused-ring (bicyclic) bond motifs is 1. The normalized spacial score (nSPS) is 20.3. The molecule has 0 fully saturated rings. The Labute approximate surface area is 135 Å². The monoisotopic (exact) mass is 317 g/mol. The summed E-state index contributed by atoms with van der Waals surface area (Å²) >= 11 is 0. The van der Waals surface area contributed by atoms with Gasteiger partial charge in [-0.25, -0.2) is 0 Å². The molecule has 1 N–H and O–H groups in total. The van der Waals surface area contributed by atoms with Crippen molar-refractivity contribution in [2.24, 2.45) is 0 Å². The molecule has 0 aromatic carbocycles. The van der Waals surface area contributed by atoms with Crippen molar-refractivity contribution >= 4 is 5.91 Å². The number of hydrogen-bond donors (Lipinski definition) is 1. The number of ether oxygens (including phenoxy) is 1. The second kappa shape index (κ2) is 6.16. The molecule has 2 aromatic heterocycles. The number of nitrogens with one attached hydrogen (secondary N) is 1. The molecule has 1 aliphatic rings. The lowest BCUT2D eigenvalue weighted by Gasteiger charge is -2.25. The Morgan fingerprint density at radius 2 is 2.30 bits per heavy atom. The van der Waals surface area contributed by atoms with E-state index in [4.69, 9.17) is 4.74 Å². The molecule has 0 bridgehead atoms. The van der Waals surface area contributed by atoms with E-state index >= 15 is 0 Å². The number of H-pyrrole nitrogens is 1. The molecule has 0 saturated heterocycles. The Morgan fingerprint density at radius 1 is 1.52 bits per heavy atom. The molecule has 0 unspecified atom stereocenters. The van der Waals surface area contributed by atoms with Gasteiger partial charge < -0.3 is 9.64 Å². The van der Waals surface area contributed by atoms with Crippen molar-refractivity contribution < 1.29 is 9.53 Å². The van der Waals surface area contributed by atoms with Crippen molar-refractivity contribution in [2.75, 3.05) is 7.05 Å². The van der Waals surface area contributed by atoms with Crippen molar-refractivity contribution in [3.63, 3.8) is 0 Å². The third-order valence-corrected chi connectivity index (χ3v) is 4.29. The third-order valence-electron chi connectivity index (χ3n) is 4.29. The molecule has 124 valence electrons. The summed E-state index contributed by atoms with van der Waals surface area (Å²) in [6, 6.07) is 1.94. The minimum absolute atomic E-state index is 0.0605. The van der Waals surface area contributed by atoms with Gasteiger partial charge in [0, 0.05) is 31.8 Å². The summed E-state index contributed by atoms with van der Waals surface area (Å²) in [6.45, 7) is 7.32. The van der Waals surface area contributed by atoms with Crippen LogP contribution < -0.4 is 0 Å². The molecule has 0 saturated carbocycles. The maximum atomic E-state index is 12.8. The number of aromatic nitrogens is 4. The van der Waals surface area contributed by atoms with Crippen LogP contribution in [0.1, 0.15) is 54.3 Å². The van der Waals surface area contributed by atoms with Crippen LogP contribution in [0.3, 0.4) is 0 Å². The highest BCUT2D eigenvalue weighted by Gasteiger charge is 2.30. The number of aryl methyl sites for hydroxylation is 1. The van der Waals surface area contributed by atoms with Gasteiger partial charge in [-0.2, -0.15) is 10.2 Å². The van der Waals surface area contributed by atoms with Crippen LogP contribution in [0.4, 0.5) is 0 Å². The zero-order valence-corrected chi connectivity index (χ0v) is 14.0. The van der Waals surface area contributed by atoms with Gasteiger partial charge in [0.1, 0.15) is 0 Å². The average molecular weight is 317 g/mol. The predicted molar refractivity (Wildman–Crippen MR) is 85.0 cm³/mol. The molecule has 2 atom stereocenters. The molecule has 0 aliphatic carbocycles. The van der Waals surface area contributed by atoms with E-state index in [2.05, 4.69) is 15.3 Å². The minimum atomic E-state index is -0.0762. The molecule has 0 radical (unpaired) electrons. The number of rotatable bonds is 4. The van der Waals surface area contributed by atoms with E-state index in [9.17, 15) is 4.79 Å². The Kier molecular flexibility index (Phi) is 4.21. The first kappa shape index (κ1) is 15.7.